The third kappa shape index (κ3) is 4.29. The SMILES string of the molecule is Fc1ccccc1-c1c2c(c(-c3ccccc3F)c3ccccc13)-c1ccc3c4c(ccc-2c14)-c1c-3c(-c2ccccc2F)c2ccccc2c1-c1ccccc1F. The summed E-state index contributed by atoms with van der Waals surface area (Å²) in [5.74, 6) is -1.42. The summed E-state index contributed by atoms with van der Waals surface area (Å²) < 4.78 is 64.8. The third-order valence-corrected chi connectivity index (χ3v) is 12.2. The predicted octanol–water partition coefficient (Wildman–Crippen LogP) is 15.7. The minimum absolute atomic E-state index is 0.356. The van der Waals surface area contributed by atoms with Crippen LogP contribution in [0.5, 0.6) is 0 Å². The molecule has 0 nitrogen and oxygen atoms in total. The van der Waals surface area contributed by atoms with Crippen LogP contribution in [0.1, 0.15) is 0 Å². The summed E-state index contributed by atoms with van der Waals surface area (Å²) in [5, 5.41) is 5.11. The van der Waals surface area contributed by atoms with Crippen molar-refractivity contribution < 1.29 is 17.6 Å². The lowest BCUT2D eigenvalue weighted by Crippen LogP contribution is -1.97. The topological polar surface area (TPSA) is 0 Å². The Labute approximate surface area is 330 Å². The summed E-state index contributed by atoms with van der Waals surface area (Å²) in [6, 6.07) is 51.3. The second-order valence-corrected chi connectivity index (χ2v) is 15.1. The van der Waals surface area contributed by atoms with Gasteiger partial charge in [-0.05, 0) is 101 Å². The Balaban J connectivity index is 1.29. The highest BCUT2D eigenvalue weighted by molar-refractivity contribution is 6.35. The molecule has 0 spiro atoms. The fourth-order valence-corrected chi connectivity index (χ4v) is 10.1. The number of rotatable bonds is 4. The van der Waals surface area contributed by atoms with Crippen molar-refractivity contribution in [3.63, 3.8) is 0 Å². The van der Waals surface area contributed by atoms with Crippen molar-refractivity contribution in [2.75, 3.05) is 0 Å². The normalized spacial score (nSPS) is 12.1. The molecule has 0 aromatic heterocycles. The summed E-state index contributed by atoms with van der Waals surface area (Å²) in [5.41, 5.74) is 11.6. The van der Waals surface area contributed by atoms with E-state index >= 15 is 17.6 Å². The number of benzene rings is 10. The standard InChI is InChI=1S/C54H28F4/c55-41-21-9-5-17-33(41)45-29-13-1-2-14-30(29)46(34-18-6-10-22-42(34)56)52-38-27-28-40-50-39(26-25-37(49(38)50)51(45)52)53-47(35-19-7-11-23-43(35)57)31-15-3-4-16-32(31)48(54(40)53)36-20-8-12-24-44(36)58/h1-28H. The van der Waals surface area contributed by atoms with Crippen LogP contribution in [-0.4, -0.2) is 0 Å². The van der Waals surface area contributed by atoms with Crippen molar-refractivity contribution in [1.29, 1.82) is 0 Å². The largest absolute Gasteiger partial charge is 0.206 e. The monoisotopic (exact) mass is 752 g/mol. The highest BCUT2D eigenvalue weighted by atomic mass is 19.1. The molecule has 10 aromatic carbocycles. The third-order valence-electron chi connectivity index (χ3n) is 12.2. The Morgan fingerprint density at radius 2 is 0.397 bits per heavy atom. The van der Waals surface area contributed by atoms with Gasteiger partial charge in [0, 0.05) is 44.5 Å². The second-order valence-electron chi connectivity index (χ2n) is 15.1. The summed E-state index contributed by atoms with van der Waals surface area (Å²) >= 11 is 0. The molecule has 12 rings (SSSR count). The van der Waals surface area contributed by atoms with Gasteiger partial charge in [0.05, 0.1) is 0 Å². The van der Waals surface area contributed by atoms with Crippen molar-refractivity contribution in [2.24, 2.45) is 0 Å². The van der Waals surface area contributed by atoms with Crippen molar-refractivity contribution in [3.8, 4) is 89.0 Å². The van der Waals surface area contributed by atoms with Crippen LogP contribution >= 0.6 is 0 Å². The zero-order valence-corrected chi connectivity index (χ0v) is 30.7. The molecule has 0 aliphatic heterocycles. The first-order valence-corrected chi connectivity index (χ1v) is 19.3. The molecule has 4 heteroatoms. The van der Waals surface area contributed by atoms with Gasteiger partial charge in [-0.15, -0.1) is 0 Å². The number of hydrogen-bond donors (Lipinski definition) is 0. The molecule has 2 aliphatic rings. The van der Waals surface area contributed by atoms with Crippen LogP contribution in [0.4, 0.5) is 17.6 Å². The Bertz CT molecular complexity index is 3000. The fraction of sp³-hybridized carbons (Fsp3) is 0. The number of hydrogen-bond acceptors (Lipinski definition) is 0. The van der Waals surface area contributed by atoms with Crippen LogP contribution < -0.4 is 0 Å². The first-order valence-electron chi connectivity index (χ1n) is 19.3. The molecule has 10 aromatic rings. The molecule has 0 N–H and O–H groups in total. The van der Waals surface area contributed by atoms with Gasteiger partial charge in [0.2, 0.25) is 0 Å². The van der Waals surface area contributed by atoms with Gasteiger partial charge >= 0.3 is 0 Å². The van der Waals surface area contributed by atoms with E-state index in [1.54, 1.807) is 48.5 Å². The average molecular weight is 753 g/mol. The molecule has 0 amide bonds. The average Bonchev–Trinajstić information content (AvgIpc) is 3.76. The molecule has 0 bridgehead atoms. The van der Waals surface area contributed by atoms with Crippen LogP contribution in [0.3, 0.4) is 0 Å². The van der Waals surface area contributed by atoms with Gasteiger partial charge in [-0.3, -0.25) is 0 Å². The maximum atomic E-state index is 16.2. The Hall–Kier alpha value is -7.30. The van der Waals surface area contributed by atoms with Crippen LogP contribution in [0.15, 0.2) is 170 Å². The Kier molecular flexibility index (Phi) is 6.86. The zero-order chi connectivity index (χ0) is 38.8. The summed E-state index contributed by atoms with van der Waals surface area (Å²) in [6.07, 6.45) is 0. The van der Waals surface area contributed by atoms with Crippen molar-refractivity contribution in [2.45, 2.75) is 0 Å². The van der Waals surface area contributed by atoms with E-state index in [1.165, 1.54) is 24.3 Å². The van der Waals surface area contributed by atoms with Crippen LogP contribution in [0, 0.1) is 23.3 Å². The van der Waals surface area contributed by atoms with Crippen LogP contribution in [0.2, 0.25) is 0 Å². The molecule has 0 heterocycles. The van der Waals surface area contributed by atoms with E-state index < -0.39 is 0 Å². The van der Waals surface area contributed by atoms with Crippen molar-refractivity contribution in [3.05, 3.63) is 193 Å². The molecule has 0 atom stereocenters. The van der Waals surface area contributed by atoms with E-state index in [2.05, 4.69) is 24.3 Å². The van der Waals surface area contributed by atoms with Crippen LogP contribution in [0.25, 0.3) is 121 Å². The quantitative estimate of drug-likeness (QED) is 0.157. The Morgan fingerprint density at radius 3 is 0.621 bits per heavy atom. The first-order chi connectivity index (χ1) is 28.5. The lowest BCUT2D eigenvalue weighted by Gasteiger charge is -2.21. The predicted molar refractivity (Wildman–Crippen MR) is 229 cm³/mol. The molecule has 58 heavy (non-hydrogen) atoms. The van der Waals surface area contributed by atoms with Gasteiger partial charge in [-0.1, -0.05) is 146 Å². The van der Waals surface area contributed by atoms with E-state index in [0.717, 1.165) is 99.1 Å². The van der Waals surface area contributed by atoms with Gasteiger partial charge in [0.1, 0.15) is 23.3 Å². The van der Waals surface area contributed by atoms with Gasteiger partial charge < -0.3 is 0 Å². The maximum absolute atomic E-state index is 16.2. The first kappa shape index (κ1) is 32.9. The summed E-state index contributed by atoms with van der Waals surface area (Å²) in [6.45, 7) is 0. The highest BCUT2D eigenvalue weighted by Gasteiger charge is 2.38. The molecule has 0 saturated heterocycles. The molecule has 2 aliphatic carbocycles. The van der Waals surface area contributed by atoms with E-state index in [-0.39, 0.29) is 23.3 Å². The van der Waals surface area contributed by atoms with Gasteiger partial charge in [0.25, 0.3) is 0 Å². The smallest absolute Gasteiger partial charge is 0.131 e. The summed E-state index contributed by atoms with van der Waals surface area (Å²) in [4.78, 5) is 0. The zero-order valence-electron chi connectivity index (χ0n) is 30.7. The second kappa shape index (κ2) is 12.1. The van der Waals surface area contributed by atoms with E-state index in [0.29, 0.717) is 22.3 Å². The lowest BCUT2D eigenvalue weighted by molar-refractivity contribution is 0.631. The highest BCUT2D eigenvalue weighted by Crippen LogP contribution is 2.64. The van der Waals surface area contributed by atoms with E-state index in [1.807, 2.05) is 72.8 Å². The van der Waals surface area contributed by atoms with Gasteiger partial charge in [0.15, 0.2) is 0 Å². The maximum Gasteiger partial charge on any atom is 0.131 e. The minimum atomic E-state index is -0.356. The van der Waals surface area contributed by atoms with Crippen molar-refractivity contribution in [1.82, 2.24) is 0 Å². The molecular weight excluding hydrogens is 725 g/mol. The van der Waals surface area contributed by atoms with Gasteiger partial charge in [-0.2, -0.15) is 0 Å². The molecule has 0 radical (unpaired) electrons. The van der Waals surface area contributed by atoms with Crippen LogP contribution in [-0.2, 0) is 0 Å². The number of fused-ring (bicyclic) bond motifs is 8. The molecule has 0 unspecified atom stereocenters. The van der Waals surface area contributed by atoms with E-state index in [4.69, 9.17) is 0 Å². The molecule has 0 fully saturated rings. The number of halogens is 4. The molecule has 272 valence electrons. The Morgan fingerprint density at radius 1 is 0.190 bits per heavy atom. The molecule has 0 saturated carbocycles. The van der Waals surface area contributed by atoms with E-state index in [9.17, 15) is 0 Å². The summed E-state index contributed by atoms with van der Waals surface area (Å²) in [7, 11) is 0. The van der Waals surface area contributed by atoms with Crippen molar-refractivity contribution >= 4 is 32.3 Å². The van der Waals surface area contributed by atoms with Gasteiger partial charge in [-0.25, -0.2) is 17.6 Å². The molecular formula is C54H28F4. The fourth-order valence-electron chi connectivity index (χ4n) is 10.1. The lowest BCUT2D eigenvalue weighted by atomic mass is 9.81. The minimum Gasteiger partial charge on any atom is -0.206 e.